The molecule has 0 N–H and O–H groups in total. The van der Waals surface area contributed by atoms with Crippen LogP contribution < -0.4 is 4.90 Å². The highest BCUT2D eigenvalue weighted by Gasteiger charge is 2.54. The standard InChI is InChI=1S/C24H24ClFN2O3/c25-20-14-17(26)8-9-19(20)24(10-4-5-11-24)21(29)27-13-12-23(15-27)16-28(22(30)31-23)18-6-2-1-3-7-18/h1-3,6-9,14H,4-5,10-13,15-16H2. The van der Waals surface area contributed by atoms with Crippen LogP contribution in [-0.4, -0.2) is 42.1 Å². The van der Waals surface area contributed by atoms with Gasteiger partial charge >= 0.3 is 6.09 Å². The average molecular weight is 443 g/mol. The first-order valence-corrected chi connectivity index (χ1v) is 11.1. The maximum Gasteiger partial charge on any atom is 0.415 e. The zero-order chi connectivity index (χ0) is 21.6. The van der Waals surface area contributed by atoms with Crippen molar-refractivity contribution in [3.05, 3.63) is 64.9 Å². The molecule has 0 bridgehead atoms. The molecule has 1 atom stereocenters. The fourth-order valence-electron chi connectivity index (χ4n) is 5.42. The Hall–Kier alpha value is -2.60. The van der Waals surface area contributed by atoms with Gasteiger partial charge in [-0.25, -0.2) is 9.18 Å². The van der Waals surface area contributed by atoms with Gasteiger partial charge in [0, 0.05) is 23.7 Å². The van der Waals surface area contributed by atoms with Crippen LogP contribution in [0.4, 0.5) is 14.9 Å². The number of likely N-dealkylation sites (tertiary alicyclic amines) is 1. The third-order valence-electron chi connectivity index (χ3n) is 6.96. The molecule has 7 heteroatoms. The van der Waals surface area contributed by atoms with Crippen LogP contribution in [0, 0.1) is 5.82 Å². The Kier molecular flexibility index (Phi) is 4.93. The first kappa shape index (κ1) is 20.3. The molecule has 3 aliphatic rings. The zero-order valence-electron chi connectivity index (χ0n) is 17.2. The van der Waals surface area contributed by atoms with E-state index in [1.807, 2.05) is 35.2 Å². The molecule has 5 rings (SSSR count). The lowest BCUT2D eigenvalue weighted by molar-refractivity contribution is -0.137. The summed E-state index contributed by atoms with van der Waals surface area (Å²) < 4.78 is 19.5. The number of halogens is 2. The van der Waals surface area contributed by atoms with E-state index in [4.69, 9.17) is 16.3 Å². The molecule has 2 heterocycles. The molecule has 2 aromatic rings. The lowest BCUT2D eigenvalue weighted by Gasteiger charge is -2.34. The van der Waals surface area contributed by atoms with E-state index in [0.717, 1.165) is 18.5 Å². The SMILES string of the molecule is O=C1OC2(CCN(C(=O)C3(c4ccc(F)cc4Cl)CCCC3)C2)CN1c1ccccc1. The molecule has 3 fully saturated rings. The normalized spacial score (nSPS) is 24.8. The number of ether oxygens (including phenoxy) is 1. The molecule has 0 radical (unpaired) electrons. The Bertz CT molecular complexity index is 1020. The number of hydrogen-bond acceptors (Lipinski definition) is 3. The summed E-state index contributed by atoms with van der Waals surface area (Å²) in [6, 6.07) is 13.7. The highest BCUT2D eigenvalue weighted by molar-refractivity contribution is 6.31. The predicted octanol–water partition coefficient (Wildman–Crippen LogP) is 4.92. The average Bonchev–Trinajstić information content (AvgIpc) is 3.48. The van der Waals surface area contributed by atoms with Gasteiger partial charge in [-0.2, -0.15) is 0 Å². The fourth-order valence-corrected chi connectivity index (χ4v) is 5.77. The van der Waals surface area contributed by atoms with Crippen LogP contribution >= 0.6 is 11.6 Å². The molecular weight excluding hydrogens is 419 g/mol. The Morgan fingerprint density at radius 1 is 1.03 bits per heavy atom. The maximum atomic E-state index is 13.8. The molecule has 1 unspecified atom stereocenters. The minimum atomic E-state index is -0.738. The lowest BCUT2D eigenvalue weighted by Crippen LogP contribution is -2.47. The van der Waals surface area contributed by atoms with Gasteiger partial charge in [0.05, 0.1) is 18.5 Å². The molecule has 5 nitrogen and oxygen atoms in total. The van der Waals surface area contributed by atoms with Gasteiger partial charge in [-0.05, 0) is 42.7 Å². The van der Waals surface area contributed by atoms with E-state index in [-0.39, 0.29) is 12.0 Å². The third-order valence-corrected chi connectivity index (χ3v) is 7.27. The van der Waals surface area contributed by atoms with Gasteiger partial charge in [-0.1, -0.05) is 48.7 Å². The predicted molar refractivity (Wildman–Crippen MR) is 116 cm³/mol. The van der Waals surface area contributed by atoms with Crippen LogP contribution in [0.2, 0.25) is 5.02 Å². The summed E-state index contributed by atoms with van der Waals surface area (Å²) in [5.74, 6) is -0.405. The molecule has 2 aliphatic heterocycles. The number of carbonyl (C=O) groups excluding carboxylic acids is 2. The number of anilines is 1. The minimum Gasteiger partial charge on any atom is -0.439 e. The molecule has 1 saturated carbocycles. The molecule has 2 aromatic carbocycles. The van der Waals surface area contributed by atoms with Crippen molar-refractivity contribution < 1.29 is 18.7 Å². The van der Waals surface area contributed by atoms with Gasteiger partial charge in [0.15, 0.2) is 5.60 Å². The zero-order valence-corrected chi connectivity index (χ0v) is 17.9. The molecule has 1 spiro atoms. The highest BCUT2D eigenvalue weighted by atomic mass is 35.5. The Balaban J connectivity index is 1.39. The maximum absolute atomic E-state index is 13.8. The molecule has 31 heavy (non-hydrogen) atoms. The highest BCUT2D eigenvalue weighted by Crippen LogP contribution is 2.47. The van der Waals surface area contributed by atoms with Gasteiger partial charge in [0.1, 0.15) is 5.82 Å². The Labute approximate surface area is 185 Å². The first-order valence-electron chi connectivity index (χ1n) is 10.7. The van der Waals surface area contributed by atoms with Gasteiger partial charge in [0.2, 0.25) is 5.91 Å². The summed E-state index contributed by atoms with van der Waals surface area (Å²) in [5.41, 5.74) is 0.0559. The minimum absolute atomic E-state index is 0.00425. The van der Waals surface area contributed by atoms with Crippen LogP contribution in [-0.2, 0) is 14.9 Å². The van der Waals surface area contributed by atoms with Crippen molar-refractivity contribution >= 4 is 29.3 Å². The smallest absolute Gasteiger partial charge is 0.415 e. The van der Waals surface area contributed by atoms with E-state index in [1.54, 1.807) is 11.0 Å². The number of hydrogen-bond donors (Lipinski definition) is 0. The summed E-state index contributed by atoms with van der Waals surface area (Å²) in [4.78, 5) is 29.8. The lowest BCUT2D eigenvalue weighted by atomic mass is 9.77. The molecule has 2 amide bonds. The summed E-state index contributed by atoms with van der Waals surface area (Å²) in [6.07, 6.45) is 3.45. The number of amides is 2. The molecule has 1 aliphatic carbocycles. The van der Waals surface area contributed by atoms with Crippen molar-refractivity contribution in [2.45, 2.75) is 43.1 Å². The number of nitrogens with zero attached hydrogens (tertiary/aromatic N) is 2. The largest absolute Gasteiger partial charge is 0.439 e. The van der Waals surface area contributed by atoms with E-state index < -0.39 is 16.8 Å². The number of benzene rings is 2. The summed E-state index contributed by atoms with van der Waals surface area (Å²) >= 11 is 6.39. The van der Waals surface area contributed by atoms with Gasteiger partial charge < -0.3 is 9.64 Å². The van der Waals surface area contributed by atoms with E-state index >= 15 is 0 Å². The molecule has 2 saturated heterocycles. The van der Waals surface area contributed by atoms with Gasteiger partial charge in [-0.15, -0.1) is 0 Å². The fraction of sp³-hybridized carbons (Fsp3) is 0.417. The monoisotopic (exact) mass is 442 g/mol. The van der Waals surface area contributed by atoms with E-state index in [9.17, 15) is 14.0 Å². The van der Waals surface area contributed by atoms with Crippen molar-refractivity contribution in [1.82, 2.24) is 4.90 Å². The number of para-hydroxylation sites is 1. The number of rotatable bonds is 3. The van der Waals surface area contributed by atoms with Gasteiger partial charge in [0.25, 0.3) is 0 Å². The quantitative estimate of drug-likeness (QED) is 0.678. The first-order chi connectivity index (χ1) is 14.9. The van der Waals surface area contributed by atoms with Crippen molar-refractivity contribution in [2.75, 3.05) is 24.5 Å². The molecule has 0 aromatic heterocycles. The van der Waals surface area contributed by atoms with Crippen LogP contribution in [0.5, 0.6) is 0 Å². The Morgan fingerprint density at radius 3 is 2.48 bits per heavy atom. The molecule has 162 valence electrons. The van der Waals surface area contributed by atoms with Crippen molar-refractivity contribution in [1.29, 1.82) is 0 Å². The van der Waals surface area contributed by atoms with Crippen molar-refractivity contribution in [3.63, 3.8) is 0 Å². The Morgan fingerprint density at radius 2 is 1.77 bits per heavy atom. The van der Waals surface area contributed by atoms with Crippen molar-refractivity contribution in [2.24, 2.45) is 0 Å². The second-order valence-electron chi connectivity index (χ2n) is 8.86. The van der Waals surface area contributed by atoms with Crippen LogP contribution in [0.25, 0.3) is 0 Å². The third kappa shape index (κ3) is 3.37. The van der Waals surface area contributed by atoms with E-state index in [2.05, 4.69) is 0 Å². The van der Waals surface area contributed by atoms with Crippen LogP contribution in [0.15, 0.2) is 48.5 Å². The van der Waals surface area contributed by atoms with Gasteiger partial charge in [-0.3, -0.25) is 9.69 Å². The molecular formula is C24H24ClFN2O3. The number of carbonyl (C=O) groups is 2. The van der Waals surface area contributed by atoms with E-state index in [1.165, 1.54) is 12.1 Å². The topological polar surface area (TPSA) is 49.9 Å². The summed E-state index contributed by atoms with van der Waals surface area (Å²) in [6.45, 7) is 1.31. The van der Waals surface area contributed by atoms with Crippen LogP contribution in [0.3, 0.4) is 0 Å². The second kappa shape index (κ2) is 7.52. The van der Waals surface area contributed by atoms with E-state index in [0.29, 0.717) is 49.5 Å². The second-order valence-corrected chi connectivity index (χ2v) is 9.27. The summed E-state index contributed by atoms with van der Waals surface area (Å²) in [5, 5.41) is 0.298. The summed E-state index contributed by atoms with van der Waals surface area (Å²) in [7, 11) is 0. The van der Waals surface area contributed by atoms with Crippen LogP contribution in [0.1, 0.15) is 37.7 Å². The van der Waals surface area contributed by atoms with Crippen molar-refractivity contribution in [3.8, 4) is 0 Å².